The summed E-state index contributed by atoms with van der Waals surface area (Å²) in [4.78, 5) is 4.91. The van der Waals surface area contributed by atoms with Crippen molar-refractivity contribution in [1.82, 2.24) is 4.98 Å². The topological polar surface area (TPSA) is 26.0 Å². The molecule has 0 aliphatic rings. The van der Waals surface area contributed by atoms with E-state index in [0.717, 1.165) is 32.8 Å². The lowest BCUT2D eigenvalue weighted by molar-refractivity contribution is 0.669. The molecule has 0 saturated heterocycles. The maximum atomic E-state index is 6.26. The van der Waals surface area contributed by atoms with Gasteiger partial charge in [0.1, 0.15) is 11.2 Å². The van der Waals surface area contributed by atoms with Crippen molar-refractivity contribution in [3.8, 4) is 0 Å². The predicted octanol–water partition coefficient (Wildman–Crippen LogP) is 8.75. The molecule has 2 heteroatoms. The molecular weight excluding hydrogens is 402 g/mol. The van der Waals surface area contributed by atoms with Gasteiger partial charge in [0.25, 0.3) is 0 Å². The lowest BCUT2D eigenvalue weighted by atomic mass is 9.88. The Morgan fingerprint density at radius 3 is 1.85 bits per heavy atom. The van der Waals surface area contributed by atoms with E-state index < -0.39 is 0 Å². The zero-order chi connectivity index (χ0) is 21.5. The van der Waals surface area contributed by atoms with Gasteiger partial charge in [0, 0.05) is 33.1 Å². The summed E-state index contributed by atoms with van der Waals surface area (Å²) in [5, 5.41) is 13.4. The minimum atomic E-state index is 0.915. The first kappa shape index (κ1) is 17.2. The maximum Gasteiger partial charge on any atom is 0.136 e. The molecule has 0 unspecified atom stereocenters. The van der Waals surface area contributed by atoms with E-state index in [4.69, 9.17) is 9.40 Å². The van der Waals surface area contributed by atoms with Crippen molar-refractivity contribution in [2.75, 3.05) is 0 Å². The second-order valence-corrected chi connectivity index (χ2v) is 8.73. The Morgan fingerprint density at radius 2 is 1.06 bits per heavy atom. The number of benzene rings is 6. The highest BCUT2D eigenvalue weighted by Crippen LogP contribution is 2.44. The molecule has 0 N–H and O–H groups in total. The van der Waals surface area contributed by atoms with E-state index in [9.17, 15) is 0 Å². The first-order valence-corrected chi connectivity index (χ1v) is 11.2. The third kappa shape index (κ3) is 2.15. The second-order valence-electron chi connectivity index (χ2n) is 8.73. The number of para-hydroxylation sites is 1. The van der Waals surface area contributed by atoms with Crippen LogP contribution >= 0.6 is 0 Å². The van der Waals surface area contributed by atoms with Crippen molar-refractivity contribution in [2.45, 2.75) is 0 Å². The van der Waals surface area contributed by atoms with Gasteiger partial charge in [-0.1, -0.05) is 72.8 Å². The average Bonchev–Trinajstić information content (AvgIpc) is 3.25. The summed E-state index contributed by atoms with van der Waals surface area (Å²) >= 11 is 0. The number of aromatic nitrogens is 1. The molecule has 2 aromatic heterocycles. The first-order valence-electron chi connectivity index (χ1n) is 11.2. The highest BCUT2D eigenvalue weighted by Gasteiger charge is 2.18. The zero-order valence-corrected chi connectivity index (χ0v) is 17.7. The van der Waals surface area contributed by atoms with Gasteiger partial charge in [0.05, 0.1) is 5.52 Å². The highest BCUT2D eigenvalue weighted by molar-refractivity contribution is 6.39. The fourth-order valence-corrected chi connectivity index (χ4v) is 5.69. The number of pyridine rings is 1. The van der Waals surface area contributed by atoms with Crippen molar-refractivity contribution in [1.29, 1.82) is 0 Å². The van der Waals surface area contributed by atoms with Gasteiger partial charge in [0.15, 0.2) is 0 Å². The van der Waals surface area contributed by atoms with Gasteiger partial charge < -0.3 is 4.42 Å². The molecule has 0 amide bonds. The number of fused-ring (bicyclic) bond motifs is 14. The maximum absolute atomic E-state index is 6.26. The highest BCUT2D eigenvalue weighted by atomic mass is 16.3. The van der Waals surface area contributed by atoms with Crippen molar-refractivity contribution < 1.29 is 4.42 Å². The van der Waals surface area contributed by atoms with Gasteiger partial charge >= 0.3 is 0 Å². The fourth-order valence-electron chi connectivity index (χ4n) is 5.69. The fraction of sp³-hybridized carbons (Fsp3) is 0. The number of rotatable bonds is 0. The van der Waals surface area contributed by atoms with Crippen LogP contribution in [0.25, 0.3) is 75.9 Å². The molecule has 0 aliphatic heterocycles. The Hall–Kier alpha value is -4.43. The molecule has 0 fully saturated rings. The summed E-state index contributed by atoms with van der Waals surface area (Å²) < 4.78 is 6.26. The summed E-state index contributed by atoms with van der Waals surface area (Å²) in [6.07, 6.45) is 1.90. The minimum Gasteiger partial charge on any atom is -0.456 e. The number of hydrogen-bond donors (Lipinski definition) is 0. The smallest absolute Gasteiger partial charge is 0.136 e. The van der Waals surface area contributed by atoms with E-state index in [1.807, 2.05) is 24.4 Å². The molecule has 8 aromatic rings. The Balaban J connectivity index is 1.79. The predicted molar refractivity (Wildman–Crippen MR) is 139 cm³/mol. The standard InChI is InChI=1S/C31H17NO/c1-3-11-21-18(8-1)19-9-2-4-12-22(19)30-29(21)26-16-25-20-10-5-6-14-27(20)33-28(25)17-24(26)23-13-7-15-32-31(23)30/h1-17H. The van der Waals surface area contributed by atoms with Gasteiger partial charge in [-0.2, -0.15) is 0 Å². The lowest BCUT2D eigenvalue weighted by Gasteiger charge is -2.15. The van der Waals surface area contributed by atoms with Gasteiger partial charge in [-0.25, -0.2) is 0 Å². The van der Waals surface area contributed by atoms with E-state index in [2.05, 4.69) is 78.9 Å². The van der Waals surface area contributed by atoms with Crippen molar-refractivity contribution in [3.63, 3.8) is 0 Å². The van der Waals surface area contributed by atoms with Gasteiger partial charge in [0.2, 0.25) is 0 Å². The minimum absolute atomic E-state index is 0.915. The van der Waals surface area contributed by atoms with Crippen LogP contribution in [-0.2, 0) is 0 Å². The molecule has 6 aromatic carbocycles. The molecule has 2 heterocycles. The molecule has 0 atom stereocenters. The summed E-state index contributed by atoms with van der Waals surface area (Å²) in [5.74, 6) is 0. The Kier molecular flexibility index (Phi) is 3.16. The molecule has 8 rings (SSSR count). The SMILES string of the molecule is c1ccc2c(c1)oc1cc3c4cccnc4c4c5ccccc5c5ccccc5c4c3cc12. The van der Waals surface area contributed by atoms with E-state index in [0.29, 0.717) is 0 Å². The van der Waals surface area contributed by atoms with Crippen LogP contribution in [-0.4, -0.2) is 4.98 Å². The molecule has 0 spiro atoms. The summed E-state index contributed by atoms with van der Waals surface area (Å²) in [5.41, 5.74) is 2.88. The quantitative estimate of drug-likeness (QED) is 0.230. The van der Waals surface area contributed by atoms with Crippen LogP contribution in [0.3, 0.4) is 0 Å². The number of furan rings is 1. The monoisotopic (exact) mass is 419 g/mol. The van der Waals surface area contributed by atoms with Crippen molar-refractivity contribution in [3.05, 3.63) is 103 Å². The van der Waals surface area contributed by atoms with Crippen LogP contribution in [0.15, 0.2) is 108 Å². The molecule has 0 radical (unpaired) electrons. The van der Waals surface area contributed by atoms with Crippen molar-refractivity contribution >= 4 is 75.9 Å². The Morgan fingerprint density at radius 1 is 0.424 bits per heavy atom. The van der Waals surface area contributed by atoms with E-state index >= 15 is 0 Å². The van der Waals surface area contributed by atoms with Gasteiger partial charge in [-0.05, 0) is 56.6 Å². The zero-order valence-electron chi connectivity index (χ0n) is 17.7. The van der Waals surface area contributed by atoms with Gasteiger partial charge in [-0.15, -0.1) is 0 Å². The Bertz CT molecular complexity index is 2080. The van der Waals surface area contributed by atoms with E-state index in [1.165, 1.54) is 43.1 Å². The third-order valence-electron chi connectivity index (χ3n) is 7.05. The third-order valence-corrected chi connectivity index (χ3v) is 7.05. The number of nitrogens with zero attached hydrogens (tertiary/aromatic N) is 1. The average molecular weight is 419 g/mol. The van der Waals surface area contributed by atoms with Crippen molar-refractivity contribution in [2.24, 2.45) is 0 Å². The van der Waals surface area contributed by atoms with Crippen LogP contribution < -0.4 is 0 Å². The Labute approximate surface area is 188 Å². The normalized spacial score (nSPS) is 12.2. The molecule has 0 aliphatic carbocycles. The summed E-state index contributed by atoms with van der Waals surface area (Å²) in [6.45, 7) is 0. The largest absolute Gasteiger partial charge is 0.456 e. The second kappa shape index (κ2) is 6.08. The molecule has 152 valence electrons. The number of hydrogen-bond acceptors (Lipinski definition) is 2. The first-order chi connectivity index (χ1) is 16.4. The summed E-state index contributed by atoms with van der Waals surface area (Å²) in [6, 6.07) is 34.5. The van der Waals surface area contributed by atoms with E-state index in [1.54, 1.807) is 0 Å². The van der Waals surface area contributed by atoms with Crippen LogP contribution in [0.5, 0.6) is 0 Å². The molecule has 33 heavy (non-hydrogen) atoms. The molecule has 0 saturated carbocycles. The lowest BCUT2D eigenvalue weighted by Crippen LogP contribution is -1.89. The van der Waals surface area contributed by atoms with E-state index in [-0.39, 0.29) is 0 Å². The molecule has 0 bridgehead atoms. The summed E-state index contributed by atoms with van der Waals surface area (Å²) in [7, 11) is 0. The van der Waals surface area contributed by atoms with Crippen LogP contribution in [0.2, 0.25) is 0 Å². The molecular formula is C31H17NO. The van der Waals surface area contributed by atoms with Gasteiger partial charge in [-0.3, -0.25) is 4.98 Å². The van der Waals surface area contributed by atoms with Crippen LogP contribution in [0.1, 0.15) is 0 Å². The van der Waals surface area contributed by atoms with Crippen LogP contribution in [0.4, 0.5) is 0 Å². The molecule has 2 nitrogen and oxygen atoms in total. The van der Waals surface area contributed by atoms with Crippen LogP contribution in [0, 0.1) is 0 Å².